The van der Waals surface area contributed by atoms with Gasteiger partial charge in [0.1, 0.15) is 0 Å². The van der Waals surface area contributed by atoms with E-state index in [0.29, 0.717) is 29.6 Å². The summed E-state index contributed by atoms with van der Waals surface area (Å²) in [6.07, 6.45) is 0.357. The second-order valence-electron chi connectivity index (χ2n) is 6.06. The molecule has 0 aliphatic rings. The Morgan fingerprint density at radius 3 is 2.32 bits per heavy atom. The van der Waals surface area contributed by atoms with Gasteiger partial charge in [-0.25, -0.2) is 0 Å². The smallest absolute Gasteiger partial charge is 0.227 e. The van der Waals surface area contributed by atoms with Crippen LogP contribution in [0.1, 0.15) is 30.5 Å². The van der Waals surface area contributed by atoms with E-state index in [4.69, 9.17) is 23.2 Å². The van der Waals surface area contributed by atoms with Crippen molar-refractivity contribution in [1.82, 2.24) is 4.90 Å². The maximum Gasteiger partial charge on any atom is 0.227 e. The number of carbonyl (C=O) groups excluding carboxylic acids is 1. The average molecular weight is 379 g/mol. The fraction of sp³-hybridized carbons (Fsp3) is 0.350. The Bertz CT molecular complexity index is 771. The van der Waals surface area contributed by atoms with Crippen LogP contribution in [0.2, 0.25) is 10.0 Å². The minimum absolute atomic E-state index is 0.122. The fourth-order valence-electron chi connectivity index (χ4n) is 2.74. The number of hydrogen-bond donors (Lipinski definition) is 1. The predicted molar refractivity (Wildman–Crippen MR) is 107 cm³/mol. The van der Waals surface area contributed by atoms with E-state index in [2.05, 4.69) is 5.32 Å². The number of nitrogens with one attached hydrogen (secondary N) is 1. The predicted octanol–water partition coefficient (Wildman–Crippen LogP) is 5.76. The van der Waals surface area contributed by atoms with Crippen molar-refractivity contribution in [1.29, 1.82) is 0 Å². The highest BCUT2D eigenvalue weighted by Crippen LogP contribution is 2.34. The van der Waals surface area contributed by atoms with Gasteiger partial charge in [-0.05, 0) is 57.0 Å². The van der Waals surface area contributed by atoms with E-state index in [9.17, 15) is 4.79 Å². The maximum absolute atomic E-state index is 12.5. The molecule has 0 heterocycles. The first-order chi connectivity index (χ1) is 11.9. The van der Waals surface area contributed by atoms with Crippen LogP contribution in [0.25, 0.3) is 0 Å². The third-order valence-corrected chi connectivity index (χ3v) is 5.20. The Hall–Kier alpha value is -1.71. The van der Waals surface area contributed by atoms with E-state index in [1.165, 1.54) is 0 Å². The third-order valence-electron chi connectivity index (χ3n) is 4.31. The number of anilines is 2. The fourth-order valence-corrected chi connectivity index (χ4v) is 3.16. The zero-order valence-corrected chi connectivity index (χ0v) is 16.6. The molecule has 0 spiro atoms. The van der Waals surface area contributed by atoms with Crippen LogP contribution in [0.3, 0.4) is 0 Å². The van der Waals surface area contributed by atoms with E-state index < -0.39 is 0 Å². The number of likely N-dealkylation sites (N-methyl/N-ethyl adjacent to an activating group) is 1. The molecule has 0 saturated carbocycles. The Morgan fingerprint density at radius 1 is 1.04 bits per heavy atom. The average Bonchev–Trinajstić information content (AvgIpc) is 2.58. The summed E-state index contributed by atoms with van der Waals surface area (Å²) in [4.78, 5) is 14.3. The molecule has 1 amide bonds. The molecule has 0 aliphatic heterocycles. The van der Waals surface area contributed by atoms with Gasteiger partial charge >= 0.3 is 0 Å². The first-order valence-electron chi connectivity index (χ1n) is 8.46. The zero-order valence-electron chi connectivity index (χ0n) is 15.1. The second-order valence-corrected chi connectivity index (χ2v) is 6.85. The molecule has 3 nitrogen and oxygen atoms in total. The van der Waals surface area contributed by atoms with E-state index in [-0.39, 0.29) is 5.91 Å². The Labute approximate surface area is 159 Å². The van der Waals surface area contributed by atoms with E-state index in [0.717, 1.165) is 28.1 Å². The normalized spacial score (nSPS) is 10.6. The van der Waals surface area contributed by atoms with Crippen molar-refractivity contribution >= 4 is 40.5 Å². The molecule has 2 rings (SSSR count). The van der Waals surface area contributed by atoms with Crippen LogP contribution in [-0.4, -0.2) is 23.9 Å². The van der Waals surface area contributed by atoms with E-state index >= 15 is 0 Å². The molecule has 1 N–H and O–H groups in total. The van der Waals surface area contributed by atoms with Gasteiger partial charge in [-0.15, -0.1) is 0 Å². The van der Waals surface area contributed by atoms with Crippen LogP contribution in [0.15, 0.2) is 30.3 Å². The molecule has 0 radical (unpaired) electrons. The summed E-state index contributed by atoms with van der Waals surface area (Å²) in [5.74, 6) is 0.122. The number of rotatable bonds is 6. The number of nitrogens with zero attached hydrogens (tertiary/aromatic N) is 1. The van der Waals surface area contributed by atoms with Crippen molar-refractivity contribution in [3.63, 3.8) is 0 Å². The van der Waals surface area contributed by atoms with Gasteiger partial charge in [0.15, 0.2) is 0 Å². The third kappa shape index (κ3) is 4.68. The lowest BCUT2D eigenvalue weighted by atomic mass is 10.0. The summed E-state index contributed by atoms with van der Waals surface area (Å²) in [5.41, 5.74) is 4.58. The topological polar surface area (TPSA) is 32.3 Å². The van der Waals surface area contributed by atoms with Crippen molar-refractivity contribution < 1.29 is 4.79 Å². The Balaban J connectivity index is 2.33. The number of hydrogen-bond acceptors (Lipinski definition) is 2. The summed E-state index contributed by atoms with van der Waals surface area (Å²) in [7, 11) is 0. The number of benzene rings is 2. The molecule has 0 aliphatic carbocycles. The van der Waals surface area contributed by atoms with Crippen LogP contribution >= 0.6 is 23.2 Å². The molecule has 2 aromatic carbocycles. The molecule has 5 heteroatoms. The molecule has 2 aromatic rings. The molecule has 0 bridgehead atoms. The molecule has 0 atom stereocenters. The lowest BCUT2D eigenvalue weighted by Crippen LogP contribution is -2.31. The van der Waals surface area contributed by atoms with Gasteiger partial charge in [0.2, 0.25) is 5.91 Å². The van der Waals surface area contributed by atoms with Gasteiger partial charge in [-0.2, -0.15) is 0 Å². The first-order valence-corrected chi connectivity index (χ1v) is 9.21. The molecule has 0 aromatic heterocycles. The Morgan fingerprint density at radius 2 is 1.68 bits per heavy atom. The van der Waals surface area contributed by atoms with Gasteiger partial charge < -0.3 is 10.2 Å². The van der Waals surface area contributed by atoms with Crippen LogP contribution in [0.4, 0.5) is 11.4 Å². The number of amides is 1. The molecule has 25 heavy (non-hydrogen) atoms. The molecular weight excluding hydrogens is 355 g/mol. The lowest BCUT2D eigenvalue weighted by Gasteiger charge is -2.20. The lowest BCUT2D eigenvalue weighted by molar-refractivity contribution is -0.130. The monoisotopic (exact) mass is 378 g/mol. The minimum atomic E-state index is 0.122. The summed E-state index contributed by atoms with van der Waals surface area (Å²) in [6, 6.07) is 9.72. The number of carbonyl (C=O) groups is 1. The van der Waals surface area contributed by atoms with Crippen molar-refractivity contribution in [2.75, 3.05) is 18.4 Å². The quantitative estimate of drug-likeness (QED) is 0.692. The van der Waals surface area contributed by atoms with Crippen LogP contribution in [-0.2, 0) is 11.2 Å². The minimum Gasteiger partial charge on any atom is -0.354 e. The Kier molecular flexibility index (Phi) is 6.74. The largest absolute Gasteiger partial charge is 0.354 e. The molecule has 0 unspecified atom stereocenters. The van der Waals surface area contributed by atoms with Gasteiger partial charge in [0.05, 0.1) is 17.1 Å². The zero-order chi connectivity index (χ0) is 18.6. The highest BCUT2D eigenvalue weighted by Gasteiger charge is 2.15. The van der Waals surface area contributed by atoms with Crippen molar-refractivity contribution in [2.24, 2.45) is 0 Å². The molecule has 0 fully saturated rings. The second kappa shape index (κ2) is 8.59. The van der Waals surface area contributed by atoms with Crippen LogP contribution in [0, 0.1) is 13.8 Å². The maximum atomic E-state index is 12.5. The van der Waals surface area contributed by atoms with Crippen molar-refractivity contribution in [2.45, 2.75) is 34.1 Å². The number of aryl methyl sites for hydroxylation is 1. The summed E-state index contributed by atoms with van der Waals surface area (Å²) >= 11 is 12.5. The highest BCUT2D eigenvalue weighted by atomic mass is 35.5. The standard InChI is InChI=1S/C20H24Cl2N2O/c1-5-24(6-2)19(25)12-15-11-13(3)7-9-17(15)23-18-10-8-16(21)14(4)20(18)22/h7-11,23H,5-6,12H2,1-4H3. The van der Waals surface area contributed by atoms with Crippen LogP contribution in [0.5, 0.6) is 0 Å². The molecule has 134 valence electrons. The van der Waals surface area contributed by atoms with Gasteiger partial charge in [-0.3, -0.25) is 4.79 Å². The molecule has 0 saturated heterocycles. The number of halogens is 2. The summed E-state index contributed by atoms with van der Waals surface area (Å²) in [5, 5.41) is 4.58. The highest BCUT2D eigenvalue weighted by molar-refractivity contribution is 6.37. The summed E-state index contributed by atoms with van der Waals surface area (Å²) in [6.45, 7) is 9.32. The van der Waals surface area contributed by atoms with E-state index in [1.54, 1.807) is 0 Å². The first kappa shape index (κ1) is 19.6. The van der Waals surface area contributed by atoms with Gasteiger partial charge in [-0.1, -0.05) is 40.9 Å². The summed E-state index contributed by atoms with van der Waals surface area (Å²) < 4.78 is 0. The SMILES string of the molecule is CCN(CC)C(=O)Cc1cc(C)ccc1Nc1ccc(Cl)c(C)c1Cl. The van der Waals surface area contributed by atoms with Gasteiger partial charge in [0, 0.05) is 23.8 Å². The molecular formula is C20H24Cl2N2O. The van der Waals surface area contributed by atoms with Crippen LogP contribution < -0.4 is 5.32 Å². The van der Waals surface area contributed by atoms with Crippen molar-refractivity contribution in [3.8, 4) is 0 Å². The van der Waals surface area contributed by atoms with Gasteiger partial charge in [0.25, 0.3) is 0 Å². The van der Waals surface area contributed by atoms with E-state index in [1.807, 2.05) is 62.9 Å². The van der Waals surface area contributed by atoms with Crippen molar-refractivity contribution in [3.05, 3.63) is 57.1 Å².